The van der Waals surface area contributed by atoms with Gasteiger partial charge in [0.25, 0.3) is 5.89 Å². The third-order valence-electron chi connectivity index (χ3n) is 4.41. The van der Waals surface area contributed by atoms with E-state index in [0.717, 1.165) is 25.2 Å². The minimum atomic E-state index is -0.163. The molecule has 1 fully saturated rings. The summed E-state index contributed by atoms with van der Waals surface area (Å²) in [5, 5.41) is 8.26. The quantitative estimate of drug-likeness (QED) is 0.728. The van der Waals surface area contributed by atoms with Gasteiger partial charge in [-0.05, 0) is 26.0 Å². The van der Waals surface area contributed by atoms with Crippen LogP contribution in [0.25, 0.3) is 11.6 Å². The van der Waals surface area contributed by atoms with Gasteiger partial charge >= 0.3 is 0 Å². The first-order chi connectivity index (χ1) is 12.2. The van der Waals surface area contributed by atoms with Gasteiger partial charge in [0.2, 0.25) is 5.89 Å². The van der Waals surface area contributed by atoms with E-state index in [-0.39, 0.29) is 11.7 Å². The summed E-state index contributed by atoms with van der Waals surface area (Å²) >= 11 is 0. The molecular weight excluding hydrogens is 321 g/mol. The van der Waals surface area contributed by atoms with E-state index < -0.39 is 0 Å². The zero-order valence-corrected chi connectivity index (χ0v) is 13.9. The van der Waals surface area contributed by atoms with Crippen LogP contribution < -0.4 is 0 Å². The van der Waals surface area contributed by atoms with Crippen molar-refractivity contribution in [1.82, 2.24) is 25.1 Å². The van der Waals surface area contributed by atoms with Crippen LogP contribution in [0.2, 0.25) is 0 Å². The van der Waals surface area contributed by atoms with Crippen LogP contribution >= 0.6 is 0 Å². The van der Waals surface area contributed by atoms with Gasteiger partial charge < -0.3 is 4.42 Å². The van der Waals surface area contributed by atoms with Gasteiger partial charge in [-0.3, -0.25) is 9.88 Å². The van der Waals surface area contributed by atoms with E-state index in [1.54, 1.807) is 18.5 Å². The number of hydrogen-bond donors (Lipinski definition) is 0. The fourth-order valence-electron chi connectivity index (χ4n) is 3.05. The molecule has 0 bridgehead atoms. The summed E-state index contributed by atoms with van der Waals surface area (Å²) < 4.78 is 19.6. The Labute approximate surface area is 144 Å². The highest BCUT2D eigenvalue weighted by molar-refractivity contribution is 5.43. The van der Waals surface area contributed by atoms with Crippen molar-refractivity contribution < 1.29 is 8.81 Å². The van der Waals surface area contributed by atoms with Crippen LogP contribution in [0, 0.1) is 12.7 Å². The largest absolute Gasteiger partial charge is 0.419 e. The molecule has 7 heteroatoms. The second kappa shape index (κ2) is 6.68. The maximum Gasteiger partial charge on any atom is 0.267 e. The van der Waals surface area contributed by atoms with Crippen LogP contribution in [0.5, 0.6) is 0 Å². The van der Waals surface area contributed by atoms with Gasteiger partial charge in [0.1, 0.15) is 11.5 Å². The van der Waals surface area contributed by atoms with Gasteiger partial charge in [-0.1, -0.05) is 18.2 Å². The predicted octanol–water partition coefficient (Wildman–Crippen LogP) is 2.96. The van der Waals surface area contributed by atoms with E-state index in [4.69, 9.17) is 4.42 Å². The molecule has 1 aromatic carbocycles. The second-order valence-corrected chi connectivity index (χ2v) is 6.30. The Morgan fingerprint density at radius 2 is 2.08 bits per heavy atom. The molecule has 4 rings (SSSR count). The molecule has 3 heterocycles. The van der Waals surface area contributed by atoms with Crippen LogP contribution in [0.1, 0.15) is 29.5 Å². The number of likely N-dealkylation sites (tertiary alicyclic amines) is 1. The zero-order chi connectivity index (χ0) is 17.2. The highest BCUT2D eigenvalue weighted by Gasteiger charge is 2.29. The summed E-state index contributed by atoms with van der Waals surface area (Å²) in [7, 11) is 0. The van der Waals surface area contributed by atoms with Crippen LogP contribution in [-0.2, 0) is 6.54 Å². The van der Waals surface area contributed by atoms with Crippen molar-refractivity contribution in [3.05, 3.63) is 59.6 Å². The lowest BCUT2D eigenvalue weighted by Gasteiger charge is -2.15. The maximum absolute atomic E-state index is 13.8. The van der Waals surface area contributed by atoms with Crippen LogP contribution in [0.15, 0.2) is 41.1 Å². The Kier molecular flexibility index (Phi) is 4.23. The zero-order valence-electron chi connectivity index (χ0n) is 13.9. The molecule has 1 aliphatic rings. The lowest BCUT2D eigenvalue weighted by atomic mass is 10.1. The van der Waals surface area contributed by atoms with E-state index in [9.17, 15) is 4.39 Å². The van der Waals surface area contributed by atoms with E-state index in [1.165, 1.54) is 6.07 Å². The third-order valence-corrected chi connectivity index (χ3v) is 4.41. The summed E-state index contributed by atoms with van der Waals surface area (Å²) in [6, 6.07) is 6.89. The molecule has 128 valence electrons. The molecule has 0 unspecified atom stereocenters. The maximum atomic E-state index is 13.8. The number of nitrogens with zero attached hydrogens (tertiary/aromatic N) is 5. The summed E-state index contributed by atoms with van der Waals surface area (Å²) in [4.78, 5) is 10.7. The van der Waals surface area contributed by atoms with Gasteiger partial charge in [-0.2, -0.15) is 0 Å². The van der Waals surface area contributed by atoms with Gasteiger partial charge in [0.05, 0.1) is 17.8 Å². The molecule has 0 spiro atoms. The Hall–Kier alpha value is -2.67. The molecule has 3 aromatic rings. The molecular formula is C18H18FN5O. The van der Waals surface area contributed by atoms with Crippen LogP contribution in [0.4, 0.5) is 4.39 Å². The molecule has 1 atom stereocenters. The van der Waals surface area contributed by atoms with Crippen molar-refractivity contribution in [2.45, 2.75) is 25.8 Å². The minimum absolute atomic E-state index is 0.159. The lowest BCUT2D eigenvalue weighted by molar-refractivity contribution is 0.315. The molecule has 1 aliphatic heterocycles. The van der Waals surface area contributed by atoms with Crippen molar-refractivity contribution in [3.8, 4) is 11.6 Å². The first-order valence-electron chi connectivity index (χ1n) is 8.27. The first kappa shape index (κ1) is 15.8. The van der Waals surface area contributed by atoms with E-state index >= 15 is 0 Å². The van der Waals surface area contributed by atoms with Gasteiger partial charge in [-0.25, -0.2) is 9.37 Å². The summed E-state index contributed by atoms with van der Waals surface area (Å²) in [5.41, 5.74) is 2.12. The van der Waals surface area contributed by atoms with Crippen molar-refractivity contribution >= 4 is 0 Å². The van der Waals surface area contributed by atoms with Crippen molar-refractivity contribution in [3.63, 3.8) is 0 Å². The molecule has 6 nitrogen and oxygen atoms in total. The van der Waals surface area contributed by atoms with Crippen molar-refractivity contribution in [2.24, 2.45) is 0 Å². The molecule has 0 amide bonds. The Morgan fingerprint density at radius 1 is 1.20 bits per heavy atom. The predicted molar refractivity (Wildman–Crippen MR) is 89.1 cm³/mol. The Morgan fingerprint density at radius 3 is 2.88 bits per heavy atom. The molecule has 0 radical (unpaired) electrons. The van der Waals surface area contributed by atoms with E-state index in [2.05, 4.69) is 25.1 Å². The summed E-state index contributed by atoms with van der Waals surface area (Å²) in [5.74, 6) is 0.985. The molecule has 25 heavy (non-hydrogen) atoms. The molecule has 2 aromatic heterocycles. The second-order valence-electron chi connectivity index (χ2n) is 6.30. The average molecular weight is 339 g/mol. The highest BCUT2D eigenvalue weighted by Crippen LogP contribution is 2.29. The smallest absolute Gasteiger partial charge is 0.267 e. The third kappa shape index (κ3) is 3.41. The van der Waals surface area contributed by atoms with Crippen molar-refractivity contribution in [2.75, 3.05) is 13.1 Å². The Bertz CT molecular complexity index is 864. The normalized spacial score (nSPS) is 17.9. The Balaban J connectivity index is 1.44. The van der Waals surface area contributed by atoms with Crippen LogP contribution in [0.3, 0.4) is 0 Å². The minimum Gasteiger partial charge on any atom is -0.419 e. The number of rotatable bonds is 4. The fraction of sp³-hybridized carbons (Fsp3) is 0.333. The molecule has 0 N–H and O–H groups in total. The first-order valence-corrected chi connectivity index (χ1v) is 8.27. The number of hydrogen-bond acceptors (Lipinski definition) is 6. The monoisotopic (exact) mass is 339 g/mol. The summed E-state index contributed by atoms with van der Waals surface area (Å²) in [6.07, 6.45) is 4.21. The molecule has 1 saturated heterocycles. The standard InChI is InChI=1S/C18H18FN5O/c1-12-8-21-16(9-20-12)18-23-22-17(25-18)14-6-7-24(11-14)10-13-4-2-3-5-15(13)19/h2-5,8-9,14H,6-7,10-11H2,1H3/t14-/m1/s1. The van der Waals surface area contributed by atoms with Gasteiger partial charge in [-0.15, -0.1) is 10.2 Å². The van der Waals surface area contributed by atoms with E-state index in [0.29, 0.717) is 29.6 Å². The lowest BCUT2D eigenvalue weighted by Crippen LogP contribution is -2.20. The molecule has 0 saturated carbocycles. The topological polar surface area (TPSA) is 67.9 Å². The van der Waals surface area contributed by atoms with Crippen LogP contribution in [-0.4, -0.2) is 38.2 Å². The van der Waals surface area contributed by atoms with Gasteiger partial charge in [0, 0.05) is 24.8 Å². The number of aromatic nitrogens is 4. The summed E-state index contributed by atoms with van der Waals surface area (Å²) in [6.45, 7) is 4.11. The SMILES string of the molecule is Cc1cnc(-c2nnc([C@@H]3CCN(Cc4ccccc4F)C3)o2)cn1. The highest BCUT2D eigenvalue weighted by atomic mass is 19.1. The molecule has 0 aliphatic carbocycles. The number of benzene rings is 1. The van der Waals surface area contributed by atoms with Crippen molar-refractivity contribution in [1.29, 1.82) is 0 Å². The van der Waals surface area contributed by atoms with E-state index in [1.807, 2.05) is 19.1 Å². The number of halogens is 1. The van der Waals surface area contributed by atoms with Gasteiger partial charge in [0.15, 0.2) is 0 Å². The number of aryl methyl sites for hydroxylation is 1. The fourth-order valence-corrected chi connectivity index (χ4v) is 3.05. The average Bonchev–Trinajstić information content (AvgIpc) is 3.27.